The zero-order chi connectivity index (χ0) is 11.9. The summed E-state index contributed by atoms with van der Waals surface area (Å²) in [5.74, 6) is 1.04. The molecule has 1 aliphatic rings. The summed E-state index contributed by atoms with van der Waals surface area (Å²) in [5.41, 5.74) is 3.85. The topological polar surface area (TPSA) is 21.3 Å². The van der Waals surface area contributed by atoms with Crippen molar-refractivity contribution in [3.05, 3.63) is 27.2 Å². The second-order valence-electron chi connectivity index (χ2n) is 4.40. The maximum Gasteiger partial charge on any atom is 0.125 e. The number of benzene rings is 1. The summed E-state index contributed by atoms with van der Waals surface area (Å²) < 4.78 is 7.11. The average Bonchev–Trinajstić information content (AvgIpc) is 2.53. The Kier molecular flexibility index (Phi) is 3.27. The first-order valence-electron chi connectivity index (χ1n) is 5.75. The quantitative estimate of drug-likeness (QED) is 0.897. The lowest BCUT2D eigenvalue weighted by Crippen LogP contribution is -2.28. The first-order chi connectivity index (χ1) is 7.56. The van der Waals surface area contributed by atoms with Crippen LogP contribution < -0.4 is 10.1 Å². The van der Waals surface area contributed by atoms with E-state index in [2.05, 4.69) is 55.0 Å². The molecule has 0 spiro atoms. The van der Waals surface area contributed by atoms with Crippen molar-refractivity contribution in [3.8, 4) is 5.75 Å². The molecule has 0 aliphatic carbocycles. The maximum atomic E-state index is 5.91. The SMILES string of the molecule is CCNC1c2c(cc(C)c(Br)c2C)OC1C. The van der Waals surface area contributed by atoms with Gasteiger partial charge < -0.3 is 10.1 Å². The molecule has 2 nitrogen and oxygen atoms in total. The Labute approximate surface area is 106 Å². The fraction of sp³-hybridized carbons (Fsp3) is 0.538. The van der Waals surface area contributed by atoms with Gasteiger partial charge in [-0.3, -0.25) is 0 Å². The molecule has 16 heavy (non-hydrogen) atoms. The molecule has 0 amide bonds. The predicted molar refractivity (Wildman–Crippen MR) is 70.1 cm³/mol. The molecular weight excluding hydrogens is 266 g/mol. The van der Waals surface area contributed by atoms with E-state index in [1.54, 1.807) is 0 Å². The van der Waals surface area contributed by atoms with E-state index in [-0.39, 0.29) is 6.10 Å². The Morgan fingerprint density at radius 3 is 2.75 bits per heavy atom. The second-order valence-corrected chi connectivity index (χ2v) is 5.20. The van der Waals surface area contributed by atoms with Crippen LogP contribution in [0.4, 0.5) is 0 Å². The monoisotopic (exact) mass is 283 g/mol. The number of rotatable bonds is 2. The zero-order valence-electron chi connectivity index (χ0n) is 10.2. The van der Waals surface area contributed by atoms with E-state index >= 15 is 0 Å². The van der Waals surface area contributed by atoms with E-state index in [9.17, 15) is 0 Å². The van der Waals surface area contributed by atoms with Crippen molar-refractivity contribution >= 4 is 15.9 Å². The van der Waals surface area contributed by atoms with Crippen molar-refractivity contribution in [2.24, 2.45) is 0 Å². The van der Waals surface area contributed by atoms with Gasteiger partial charge in [0.15, 0.2) is 0 Å². The summed E-state index contributed by atoms with van der Waals surface area (Å²) in [5, 5.41) is 3.49. The molecule has 1 aliphatic heterocycles. The van der Waals surface area contributed by atoms with E-state index in [1.807, 2.05) is 0 Å². The number of halogens is 1. The zero-order valence-corrected chi connectivity index (χ0v) is 11.8. The minimum absolute atomic E-state index is 0.211. The van der Waals surface area contributed by atoms with Crippen molar-refractivity contribution in [2.45, 2.75) is 39.8 Å². The minimum Gasteiger partial charge on any atom is -0.488 e. The van der Waals surface area contributed by atoms with Crippen LogP contribution in [0.1, 0.15) is 36.6 Å². The lowest BCUT2D eigenvalue weighted by atomic mass is 9.97. The highest BCUT2D eigenvalue weighted by Crippen LogP contribution is 2.42. The molecule has 1 aromatic carbocycles. The Bertz CT molecular complexity index is 417. The van der Waals surface area contributed by atoms with Crippen LogP contribution in [0.15, 0.2) is 10.5 Å². The molecule has 0 fully saturated rings. The fourth-order valence-corrected chi connectivity index (χ4v) is 2.74. The van der Waals surface area contributed by atoms with Crippen molar-refractivity contribution in [3.63, 3.8) is 0 Å². The van der Waals surface area contributed by atoms with Crippen LogP contribution in [0, 0.1) is 13.8 Å². The van der Waals surface area contributed by atoms with Crippen LogP contribution in [-0.2, 0) is 0 Å². The molecule has 2 atom stereocenters. The molecule has 3 heteroatoms. The smallest absolute Gasteiger partial charge is 0.125 e. The third-order valence-electron chi connectivity index (χ3n) is 3.21. The van der Waals surface area contributed by atoms with Gasteiger partial charge in [0.25, 0.3) is 0 Å². The van der Waals surface area contributed by atoms with Gasteiger partial charge in [-0.05, 0) is 44.5 Å². The number of nitrogens with one attached hydrogen (secondary N) is 1. The molecule has 0 bridgehead atoms. The summed E-state index contributed by atoms with van der Waals surface area (Å²) in [6.07, 6.45) is 0.211. The lowest BCUT2D eigenvalue weighted by Gasteiger charge is -2.17. The summed E-state index contributed by atoms with van der Waals surface area (Å²) in [4.78, 5) is 0. The number of likely N-dealkylation sites (N-methyl/N-ethyl adjacent to an activating group) is 1. The van der Waals surface area contributed by atoms with E-state index < -0.39 is 0 Å². The number of hydrogen-bond donors (Lipinski definition) is 1. The molecule has 2 rings (SSSR count). The molecule has 0 saturated heterocycles. The largest absolute Gasteiger partial charge is 0.488 e. The normalized spacial score (nSPS) is 23.1. The van der Waals surface area contributed by atoms with E-state index in [1.165, 1.54) is 21.2 Å². The van der Waals surface area contributed by atoms with Gasteiger partial charge in [0.05, 0.1) is 6.04 Å². The van der Waals surface area contributed by atoms with E-state index in [0.29, 0.717) is 6.04 Å². The molecule has 1 aromatic rings. The molecule has 1 heterocycles. The Balaban J connectivity index is 2.52. The van der Waals surface area contributed by atoms with Crippen LogP contribution in [0.3, 0.4) is 0 Å². The third-order valence-corrected chi connectivity index (χ3v) is 4.43. The van der Waals surface area contributed by atoms with Crippen LogP contribution in [0.25, 0.3) is 0 Å². The third kappa shape index (κ3) is 1.76. The van der Waals surface area contributed by atoms with Gasteiger partial charge in [-0.15, -0.1) is 0 Å². The van der Waals surface area contributed by atoms with Gasteiger partial charge in [-0.25, -0.2) is 0 Å². The van der Waals surface area contributed by atoms with Gasteiger partial charge in [-0.2, -0.15) is 0 Å². The molecule has 2 unspecified atom stereocenters. The Morgan fingerprint density at radius 2 is 2.12 bits per heavy atom. The summed E-state index contributed by atoms with van der Waals surface area (Å²) in [6, 6.07) is 2.44. The van der Waals surface area contributed by atoms with Crippen LogP contribution in [0.5, 0.6) is 5.75 Å². The maximum absolute atomic E-state index is 5.91. The highest BCUT2D eigenvalue weighted by Gasteiger charge is 2.33. The number of aryl methyl sites for hydroxylation is 1. The van der Waals surface area contributed by atoms with Crippen LogP contribution in [-0.4, -0.2) is 12.6 Å². The Hall–Kier alpha value is -0.540. The second kappa shape index (κ2) is 4.38. The average molecular weight is 284 g/mol. The molecule has 88 valence electrons. The van der Waals surface area contributed by atoms with Crippen LogP contribution in [0.2, 0.25) is 0 Å². The highest BCUT2D eigenvalue weighted by molar-refractivity contribution is 9.10. The highest BCUT2D eigenvalue weighted by atomic mass is 79.9. The summed E-state index contributed by atoms with van der Waals surface area (Å²) >= 11 is 3.65. The van der Waals surface area contributed by atoms with Crippen molar-refractivity contribution in [1.29, 1.82) is 0 Å². The van der Waals surface area contributed by atoms with Gasteiger partial charge in [0.2, 0.25) is 0 Å². The molecule has 1 N–H and O–H groups in total. The Morgan fingerprint density at radius 1 is 1.44 bits per heavy atom. The van der Waals surface area contributed by atoms with Gasteiger partial charge >= 0.3 is 0 Å². The van der Waals surface area contributed by atoms with Gasteiger partial charge in [-0.1, -0.05) is 22.9 Å². The van der Waals surface area contributed by atoms with Crippen molar-refractivity contribution in [2.75, 3.05) is 6.54 Å². The van der Waals surface area contributed by atoms with Crippen molar-refractivity contribution in [1.82, 2.24) is 5.32 Å². The van der Waals surface area contributed by atoms with E-state index in [0.717, 1.165) is 12.3 Å². The first kappa shape index (κ1) is 11.9. The first-order valence-corrected chi connectivity index (χ1v) is 6.55. The van der Waals surface area contributed by atoms with Crippen molar-refractivity contribution < 1.29 is 4.74 Å². The number of ether oxygens (including phenoxy) is 1. The fourth-order valence-electron chi connectivity index (χ4n) is 2.41. The summed E-state index contributed by atoms with van der Waals surface area (Å²) in [6.45, 7) is 9.47. The molecule has 0 aromatic heterocycles. The standard InChI is InChI=1S/C13H18BrNO/c1-5-15-13-9(4)16-10-6-7(2)12(14)8(3)11(10)13/h6,9,13,15H,5H2,1-4H3. The molecule has 0 saturated carbocycles. The molecule has 0 radical (unpaired) electrons. The minimum atomic E-state index is 0.211. The van der Waals surface area contributed by atoms with Gasteiger partial charge in [0, 0.05) is 10.0 Å². The van der Waals surface area contributed by atoms with E-state index in [4.69, 9.17) is 4.74 Å². The molecular formula is C13H18BrNO. The summed E-state index contributed by atoms with van der Waals surface area (Å²) in [7, 11) is 0. The predicted octanol–water partition coefficient (Wildman–Crippen LogP) is 3.50. The number of fused-ring (bicyclic) bond motifs is 1. The lowest BCUT2D eigenvalue weighted by molar-refractivity contribution is 0.211. The number of hydrogen-bond acceptors (Lipinski definition) is 2. The van der Waals surface area contributed by atoms with Gasteiger partial charge in [0.1, 0.15) is 11.9 Å². The van der Waals surface area contributed by atoms with Crippen LogP contribution >= 0.6 is 15.9 Å².